The number of benzene rings is 1. The van der Waals surface area contributed by atoms with Gasteiger partial charge in [0, 0.05) is 12.7 Å². The van der Waals surface area contributed by atoms with Crippen LogP contribution >= 0.6 is 22.9 Å². The molecule has 0 radical (unpaired) electrons. The van der Waals surface area contributed by atoms with E-state index in [-0.39, 0.29) is 5.02 Å². The zero-order chi connectivity index (χ0) is 12.3. The molecule has 90 valence electrons. The van der Waals surface area contributed by atoms with Crippen molar-refractivity contribution in [3.05, 3.63) is 35.2 Å². The van der Waals surface area contributed by atoms with Crippen molar-refractivity contribution >= 4 is 28.1 Å². The predicted molar refractivity (Wildman–Crippen MR) is 71.3 cm³/mol. The summed E-state index contributed by atoms with van der Waals surface area (Å²) in [6, 6.07) is 4.78. The van der Waals surface area contributed by atoms with Gasteiger partial charge >= 0.3 is 0 Å². The molecule has 0 aliphatic carbocycles. The SMILES string of the molecule is CCCNc1ncc(-c2ccc(Cl)c(F)c2)s1. The van der Waals surface area contributed by atoms with Crippen LogP contribution in [0.1, 0.15) is 13.3 Å². The van der Waals surface area contributed by atoms with Crippen molar-refractivity contribution in [1.29, 1.82) is 0 Å². The summed E-state index contributed by atoms with van der Waals surface area (Å²) in [5.74, 6) is -0.402. The van der Waals surface area contributed by atoms with Gasteiger partial charge in [-0.15, -0.1) is 0 Å². The number of thiazole rings is 1. The minimum absolute atomic E-state index is 0.141. The molecule has 0 aliphatic rings. The summed E-state index contributed by atoms with van der Waals surface area (Å²) in [6.45, 7) is 2.98. The second-order valence-corrected chi connectivity index (χ2v) is 5.02. The van der Waals surface area contributed by atoms with Crippen molar-refractivity contribution in [3.63, 3.8) is 0 Å². The second kappa shape index (κ2) is 5.47. The highest BCUT2D eigenvalue weighted by atomic mass is 35.5. The summed E-state index contributed by atoms with van der Waals surface area (Å²) < 4.78 is 13.3. The van der Waals surface area contributed by atoms with E-state index in [1.165, 1.54) is 17.4 Å². The molecule has 0 atom stereocenters. The van der Waals surface area contributed by atoms with Gasteiger partial charge in [0.15, 0.2) is 5.13 Å². The zero-order valence-electron chi connectivity index (χ0n) is 9.34. The lowest BCUT2D eigenvalue weighted by Crippen LogP contribution is -1.97. The molecule has 0 fully saturated rings. The van der Waals surface area contributed by atoms with E-state index < -0.39 is 5.82 Å². The topological polar surface area (TPSA) is 24.9 Å². The summed E-state index contributed by atoms with van der Waals surface area (Å²) in [6.07, 6.45) is 2.79. The Balaban J connectivity index is 2.21. The van der Waals surface area contributed by atoms with Crippen molar-refractivity contribution in [2.45, 2.75) is 13.3 Å². The molecule has 5 heteroatoms. The summed E-state index contributed by atoms with van der Waals surface area (Å²) >= 11 is 7.15. The number of hydrogen-bond acceptors (Lipinski definition) is 3. The van der Waals surface area contributed by atoms with Gasteiger partial charge in [-0.2, -0.15) is 0 Å². The predicted octanol–water partition coefficient (Wildman–Crippen LogP) is 4.42. The largest absolute Gasteiger partial charge is 0.362 e. The Kier molecular flexibility index (Phi) is 3.97. The Morgan fingerprint density at radius 2 is 2.29 bits per heavy atom. The van der Waals surface area contributed by atoms with Crippen LogP contribution in [-0.4, -0.2) is 11.5 Å². The van der Waals surface area contributed by atoms with Crippen LogP contribution in [0.5, 0.6) is 0 Å². The van der Waals surface area contributed by atoms with Crippen molar-refractivity contribution < 1.29 is 4.39 Å². The van der Waals surface area contributed by atoms with Gasteiger partial charge in [-0.05, 0) is 24.1 Å². The molecule has 0 saturated carbocycles. The van der Waals surface area contributed by atoms with Crippen LogP contribution in [0.15, 0.2) is 24.4 Å². The molecule has 0 unspecified atom stereocenters. The first-order valence-electron chi connectivity index (χ1n) is 5.36. The monoisotopic (exact) mass is 270 g/mol. The highest BCUT2D eigenvalue weighted by Crippen LogP contribution is 2.30. The molecule has 2 rings (SSSR count). The fourth-order valence-electron chi connectivity index (χ4n) is 1.37. The fraction of sp³-hybridized carbons (Fsp3) is 0.250. The van der Waals surface area contributed by atoms with Crippen molar-refractivity contribution in [2.75, 3.05) is 11.9 Å². The molecular weight excluding hydrogens is 259 g/mol. The molecule has 1 heterocycles. The average molecular weight is 271 g/mol. The number of rotatable bonds is 4. The van der Waals surface area contributed by atoms with Gasteiger partial charge in [-0.3, -0.25) is 0 Å². The Morgan fingerprint density at radius 3 is 3.00 bits per heavy atom. The summed E-state index contributed by atoms with van der Waals surface area (Å²) in [4.78, 5) is 5.16. The maximum Gasteiger partial charge on any atom is 0.183 e. The number of nitrogens with one attached hydrogen (secondary N) is 1. The van der Waals surface area contributed by atoms with E-state index in [0.717, 1.165) is 28.5 Å². The van der Waals surface area contributed by atoms with E-state index in [2.05, 4.69) is 17.2 Å². The van der Waals surface area contributed by atoms with Gasteiger partial charge in [-0.25, -0.2) is 9.37 Å². The highest BCUT2D eigenvalue weighted by Gasteiger charge is 2.06. The number of aromatic nitrogens is 1. The highest BCUT2D eigenvalue weighted by molar-refractivity contribution is 7.18. The van der Waals surface area contributed by atoms with Gasteiger partial charge in [0.1, 0.15) is 5.82 Å². The van der Waals surface area contributed by atoms with Crippen molar-refractivity contribution in [2.24, 2.45) is 0 Å². The van der Waals surface area contributed by atoms with Crippen LogP contribution in [0.4, 0.5) is 9.52 Å². The number of hydrogen-bond donors (Lipinski definition) is 1. The number of halogens is 2. The lowest BCUT2D eigenvalue weighted by molar-refractivity contribution is 0.629. The van der Waals surface area contributed by atoms with Gasteiger partial charge < -0.3 is 5.32 Å². The molecule has 0 saturated heterocycles. The molecule has 2 aromatic rings. The Hall–Kier alpha value is -1.13. The van der Waals surface area contributed by atoms with E-state index in [1.54, 1.807) is 18.3 Å². The lowest BCUT2D eigenvalue weighted by atomic mass is 10.2. The molecule has 0 spiro atoms. The minimum atomic E-state index is -0.402. The van der Waals surface area contributed by atoms with E-state index in [0.29, 0.717) is 0 Å². The Labute approximate surface area is 108 Å². The first kappa shape index (κ1) is 12.3. The standard InChI is InChI=1S/C12H12ClFN2S/c1-2-5-15-12-16-7-11(17-12)8-3-4-9(13)10(14)6-8/h3-4,6-7H,2,5H2,1H3,(H,15,16). The Morgan fingerprint density at radius 1 is 1.47 bits per heavy atom. The van der Waals surface area contributed by atoms with Gasteiger partial charge in [0.25, 0.3) is 0 Å². The lowest BCUT2D eigenvalue weighted by Gasteiger charge is -1.99. The quantitative estimate of drug-likeness (QED) is 0.889. The van der Waals surface area contributed by atoms with Crippen molar-refractivity contribution in [1.82, 2.24) is 4.98 Å². The molecule has 0 bridgehead atoms. The normalized spacial score (nSPS) is 10.5. The van der Waals surface area contributed by atoms with Gasteiger partial charge in [0.2, 0.25) is 0 Å². The fourth-order valence-corrected chi connectivity index (χ4v) is 2.33. The second-order valence-electron chi connectivity index (χ2n) is 3.59. The first-order valence-corrected chi connectivity index (χ1v) is 6.55. The molecule has 1 N–H and O–H groups in total. The van der Waals surface area contributed by atoms with E-state index >= 15 is 0 Å². The maximum absolute atomic E-state index is 13.3. The maximum atomic E-state index is 13.3. The molecule has 1 aromatic heterocycles. The van der Waals surface area contributed by atoms with Crippen LogP contribution < -0.4 is 5.32 Å². The Bertz CT molecular complexity index is 513. The smallest absolute Gasteiger partial charge is 0.183 e. The molecule has 17 heavy (non-hydrogen) atoms. The number of nitrogens with zero attached hydrogens (tertiary/aromatic N) is 1. The van der Waals surface area contributed by atoms with Gasteiger partial charge in [0.05, 0.1) is 9.90 Å². The van der Waals surface area contributed by atoms with Crippen LogP contribution in [-0.2, 0) is 0 Å². The van der Waals surface area contributed by atoms with Crippen LogP contribution in [0.2, 0.25) is 5.02 Å². The van der Waals surface area contributed by atoms with Crippen molar-refractivity contribution in [3.8, 4) is 10.4 Å². The summed E-state index contributed by atoms with van der Waals surface area (Å²) in [7, 11) is 0. The van der Waals surface area contributed by atoms with E-state index in [9.17, 15) is 4.39 Å². The molecule has 0 amide bonds. The van der Waals surface area contributed by atoms with E-state index in [1.807, 2.05) is 0 Å². The van der Waals surface area contributed by atoms with Crippen LogP contribution in [0.25, 0.3) is 10.4 Å². The third kappa shape index (κ3) is 2.96. The summed E-state index contributed by atoms with van der Waals surface area (Å²) in [5.41, 5.74) is 0.800. The van der Waals surface area contributed by atoms with E-state index in [4.69, 9.17) is 11.6 Å². The third-order valence-corrected chi connectivity index (χ3v) is 3.55. The van der Waals surface area contributed by atoms with Gasteiger partial charge in [-0.1, -0.05) is 35.9 Å². The molecular formula is C12H12ClFN2S. The van der Waals surface area contributed by atoms with Crippen LogP contribution in [0, 0.1) is 5.82 Å². The first-order chi connectivity index (χ1) is 8.20. The number of anilines is 1. The minimum Gasteiger partial charge on any atom is -0.362 e. The zero-order valence-corrected chi connectivity index (χ0v) is 10.9. The third-order valence-electron chi connectivity index (χ3n) is 2.24. The molecule has 2 nitrogen and oxygen atoms in total. The summed E-state index contributed by atoms with van der Waals surface area (Å²) in [5, 5.41) is 4.20. The average Bonchev–Trinajstić information content (AvgIpc) is 2.79. The molecule has 0 aliphatic heterocycles. The molecule has 1 aromatic carbocycles. The van der Waals surface area contributed by atoms with Crippen LogP contribution in [0.3, 0.4) is 0 Å².